The highest BCUT2D eigenvalue weighted by Gasteiger charge is 2.25. The van der Waals surface area contributed by atoms with E-state index in [1.165, 1.54) is 12.8 Å². The van der Waals surface area contributed by atoms with E-state index >= 15 is 0 Å². The molecule has 0 unspecified atom stereocenters. The van der Waals surface area contributed by atoms with Crippen LogP contribution in [0.15, 0.2) is 36.5 Å². The highest BCUT2D eigenvalue weighted by Crippen LogP contribution is 2.30. The van der Waals surface area contributed by atoms with Gasteiger partial charge in [0.05, 0.1) is 17.3 Å². The monoisotopic (exact) mass is 285 g/mol. The summed E-state index contributed by atoms with van der Waals surface area (Å²) in [6.45, 7) is 1.80. The van der Waals surface area contributed by atoms with E-state index in [-0.39, 0.29) is 0 Å². The summed E-state index contributed by atoms with van der Waals surface area (Å²) in [6, 6.07) is 9.57. The van der Waals surface area contributed by atoms with Crippen molar-refractivity contribution in [2.75, 3.05) is 6.54 Å². The topological polar surface area (TPSA) is 69.2 Å². The van der Waals surface area contributed by atoms with E-state index in [1.54, 1.807) is 18.3 Å². The van der Waals surface area contributed by atoms with Crippen molar-refractivity contribution >= 4 is 5.97 Å². The molecular weight excluding hydrogens is 266 g/mol. The summed E-state index contributed by atoms with van der Waals surface area (Å²) < 4.78 is 0. The van der Waals surface area contributed by atoms with E-state index in [9.17, 15) is 4.79 Å². The zero-order chi connectivity index (χ0) is 14.7. The predicted octanol–water partition coefficient (Wildman–Crippen LogP) is 2.84. The highest BCUT2D eigenvalue weighted by atomic mass is 16.4. The van der Waals surface area contributed by atoms with Gasteiger partial charge in [0.25, 0.3) is 0 Å². The first-order valence-corrected chi connectivity index (χ1v) is 7.29. The maximum atomic E-state index is 11.1. The van der Waals surface area contributed by atoms with Crippen LogP contribution in [0, 0.1) is 0 Å². The average Bonchev–Trinajstić information content (AvgIpc) is 3.02. The van der Waals surface area contributed by atoms with Gasteiger partial charge in [-0.05, 0) is 43.1 Å². The Hall–Kier alpha value is -2.14. The molecule has 0 bridgehead atoms. The number of H-pyrrole nitrogens is 1. The van der Waals surface area contributed by atoms with Crippen molar-refractivity contribution in [2.45, 2.75) is 31.8 Å². The molecule has 1 fully saturated rings. The number of aromatic carboxylic acids is 1. The summed E-state index contributed by atoms with van der Waals surface area (Å²) in [5.74, 6) is -0.874. The number of carboxylic acid groups (broad SMARTS) is 1. The van der Waals surface area contributed by atoms with Crippen molar-refractivity contribution in [3.63, 3.8) is 0 Å². The van der Waals surface area contributed by atoms with Crippen molar-refractivity contribution in [1.82, 2.24) is 15.1 Å². The molecule has 1 atom stereocenters. The SMILES string of the molecule is O=C(O)c1cccc(CN2CCCC[C@H]2c2ccn[nH]2)c1. The van der Waals surface area contributed by atoms with Crippen molar-refractivity contribution in [3.8, 4) is 0 Å². The van der Waals surface area contributed by atoms with Gasteiger partial charge in [-0.15, -0.1) is 0 Å². The molecular formula is C16H19N3O2. The third-order valence-electron chi connectivity index (χ3n) is 4.05. The van der Waals surface area contributed by atoms with Gasteiger partial charge in [-0.1, -0.05) is 18.6 Å². The van der Waals surface area contributed by atoms with Crippen LogP contribution in [-0.2, 0) is 6.54 Å². The lowest BCUT2D eigenvalue weighted by molar-refractivity contribution is 0.0696. The number of piperidine rings is 1. The lowest BCUT2D eigenvalue weighted by atomic mass is 9.98. The Kier molecular flexibility index (Phi) is 4.01. The standard InChI is InChI=1S/C16H19N3O2/c20-16(21)13-5-3-4-12(10-13)11-19-9-2-1-6-15(19)14-7-8-17-18-14/h3-5,7-8,10,15H,1-2,6,9,11H2,(H,17,18)(H,20,21)/t15-/m0/s1. The second-order valence-corrected chi connectivity index (χ2v) is 5.50. The zero-order valence-electron chi connectivity index (χ0n) is 11.8. The number of likely N-dealkylation sites (tertiary alicyclic amines) is 1. The van der Waals surface area contributed by atoms with E-state index < -0.39 is 5.97 Å². The van der Waals surface area contributed by atoms with Crippen molar-refractivity contribution in [1.29, 1.82) is 0 Å². The van der Waals surface area contributed by atoms with Crippen molar-refractivity contribution in [2.24, 2.45) is 0 Å². The quantitative estimate of drug-likeness (QED) is 0.906. The third-order valence-corrected chi connectivity index (χ3v) is 4.05. The van der Waals surface area contributed by atoms with E-state index in [2.05, 4.69) is 15.1 Å². The van der Waals surface area contributed by atoms with Crippen LogP contribution in [0.5, 0.6) is 0 Å². The van der Waals surface area contributed by atoms with Crippen LogP contribution in [0.3, 0.4) is 0 Å². The Morgan fingerprint density at radius 2 is 2.29 bits per heavy atom. The highest BCUT2D eigenvalue weighted by molar-refractivity contribution is 5.87. The van der Waals surface area contributed by atoms with Crippen LogP contribution in [-0.4, -0.2) is 32.7 Å². The second kappa shape index (κ2) is 6.10. The van der Waals surface area contributed by atoms with Gasteiger partial charge in [-0.25, -0.2) is 4.79 Å². The minimum Gasteiger partial charge on any atom is -0.478 e. The number of benzene rings is 1. The maximum Gasteiger partial charge on any atom is 0.335 e. The molecule has 0 aliphatic carbocycles. The van der Waals surface area contributed by atoms with Crippen LogP contribution in [0.25, 0.3) is 0 Å². The number of nitrogens with one attached hydrogen (secondary N) is 1. The Morgan fingerprint density at radius 3 is 3.05 bits per heavy atom. The largest absolute Gasteiger partial charge is 0.478 e. The van der Waals surface area contributed by atoms with Crippen molar-refractivity contribution in [3.05, 3.63) is 53.3 Å². The first-order valence-electron chi connectivity index (χ1n) is 7.29. The van der Waals surface area contributed by atoms with E-state index in [4.69, 9.17) is 5.11 Å². The minimum absolute atomic E-state index is 0.342. The van der Waals surface area contributed by atoms with Gasteiger partial charge in [-0.2, -0.15) is 5.10 Å². The van der Waals surface area contributed by atoms with Crippen LogP contribution in [0.4, 0.5) is 0 Å². The van der Waals surface area contributed by atoms with Crippen LogP contribution in [0.1, 0.15) is 46.9 Å². The molecule has 2 N–H and O–H groups in total. The van der Waals surface area contributed by atoms with Gasteiger partial charge >= 0.3 is 5.97 Å². The van der Waals surface area contributed by atoms with Gasteiger partial charge in [0.15, 0.2) is 0 Å². The summed E-state index contributed by atoms with van der Waals surface area (Å²) in [6.07, 6.45) is 5.30. The fourth-order valence-electron chi connectivity index (χ4n) is 3.02. The number of aromatic amines is 1. The number of rotatable bonds is 4. The lowest BCUT2D eigenvalue weighted by Gasteiger charge is -2.35. The van der Waals surface area contributed by atoms with Gasteiger partial charge in [0.2, 0.25) is 0 Å². The summed E-state index contributed by atoms with van der Waals surface area (Å²) in [5.41, 5.74) is 2.54. The number of aromatic nitrogens is 2. The van der Waals surface area contributed by atoms with Gasteiger partial charge in [-0.3, -0.25) is 10.00 Å². The number of hydrogen-bond acceptors (Lipinski definition) is 3. The lowest BCUT2D eigenvalue weighted by Crippen LogP contribution is -2.33. The van der Waals surface area contributed by atoms with E-state index in [1.807, 2.05) is 18.2 Å². The number of carbonyl (C=O) groups is 1. The minimum atomic E-state index is -0.874. The second-order valence-electron chi connectivity index (χ2n) is 5.50. The Morgan fingerprint density at radius 1 is 1.38 bits per heavy atom. The zero-order valence-corrected chi connectivity index (χ0v) is 11.8. The smallest absolute Gasteiger partial charge is 0.335 e. The van der Waals surface area contributed by atoms with E-state index in [0.717, 1.165) is 30.8 Å². The molecule has 0 radical (unpaired) electrons. The van der Waals surface area contributed by atoms with Gasteiger partial charge in [0, 0.05) is 12.7 Å². The molecule has 21 heavy (non-hydrogen) atoms. The number of hydrogen-bond donors (Lipinski definition) is 2. The van der Waals surface area contributed by atoms with Gasteiger partial charge < -0.3 is 5.11 Å². The van der Waals surface area contributed by atoms with Gasteiger partial charge in [0.1, 0.15) is 0 Å². The molecule has 0 spiro atoms. The first-order chi connectivity index (χ1) is 10.2. The maximum absolute atomic E-state index is 11.1. The Bertz CT molecular complexity index is 610. The molecule has 1 aliphatic rings. The van der Waals surface area contributed by atoms with Crippen LogP contribution >= 0.6 is 0 Å². The number of nitrogens with zero attached hydrogens (tertiary/aromatic N) is 2. The molecule has 0 saturated carbocycles. The summed E-state index contributed by atoms with van der Waals surface area (Å²) in [5, 5.41) is 16.2. The Labute approximate surface area is 123 Å². The fourth-order valence-corrected chi connectivity index (χ4v) is 3.02. The molecule has 2 aromatic rings. The summed E-state index contributed by atoms with van der Waals surface area (Å²) >= 11 is 0. The molecule has 110 valence electrons. The molecule has 0 amide bonds. The molecule has 1 aromatic heterocycles. The molecule has 1 aliphatic heterocycles. The fraction of sp³-hybridized carbons (Fsp3) is 0.375. The third kappa shape index (κ3) is 3.13. The predicted molar refractivity (Wildman–Crippen MR) is 79.0 cm³/mol. The molecule has 1 aromatic carbocycles. The summed E-state index contributed by atoms with van der Waals surface area (Å²) in [4.78, 5) is 13.5. The molecule has 2 heterocycles. The van der Waals surface area contributed by atoms with E-state index in [0.29, 0.717) is 11.6 Å². The van der Waals surface area contributed by atoms with Crippen LogP contribution in [0.2, 0.25) is 0 Å². The molecule has 5 heteroatoms. The normalized spacial score (nSPS) is 19.5. The van der Waals surface area contributed by atoms with Crippen LogP contribution < -0.4 is 0 Å². The summed E-state index contributed by atoms with van der Waals surface area (Å²) in [7, 11) is 0. The van der Waals surface area contributed by atoms with Crippen molar-refractivity contribution < 1.29 is 9.90 Å². The number of carboxylic acids is 1. The Balaban J connectivity index is 1.78. The molecule has 3 rings (SSSR count). The molecule has 1 saturated heterocycles. The average molecular weight is 285 g/mol. The first kappa shape index (κ1) is 13.8. The molecule has 5 nitrogen and oxygen atoms in total.